The summed E-state index contributed by atoms with van der Waals surface area (Å²) < 4.78 is 0. The molecule has 0 aromatic rings. The quantitative estimate of drug-likeness (QED) is 0.445. The molecule has 82 valence electrons. The van der Waals surface area contributed by atoms with Crippen LogP contribution in [0.4, 0.5) is 0 Å². The highest BCUT2D eigenvalue weighted by Gasteiger charge is 2.14. The predicted octanol–water partition coefficient (Wildman–Crippen LogP) is 2.03. The molecule has 0 heterocycles. The average molecular weight is 198 g/mol. The van der Waals surface area contributed by atoms with Crippen molar-refractivity contribution in [2.45, 2.75) is 57.5 Å². The van der Waals surface area contributed by atoms with E-state index in [1.807, 2.05) is 0 Å². The summed E-state index contributed by atoms with van der Waals surface area (Å²) in [6.45, 7) is 0. The van der Waals surface area contributed by atoms with Gasteiger partial charge in [0.1, 0.15) is 0 Å². The number of nitrogens with one attached hydrogen (secondary N) is 1. The molecular formula is C11H22N2O. The molecule has 3 nitrogen and oxygen atoms in total. The molecule has 1 aliphatic rings. The van der Waals surface area contributed by atoms with E-state index in [1.165, 1.54) is 6.42 Å². The largest absolute Gasteiger partial charge is 0.393 e. The van der Waals surface area contributed by atoms with Gasteiger partial charge in [-0.05, 0) is 25.7 Å². The van der Waals surface area contributed by atoms with Gasteiger partial charge in [-0.2, -0.15) is 0 Å². The molecule has 4 N–H and O–H groups in total. The number of aliphatic hydroxyl groups is 1. The Labute approximate surface area is 86.2 Å². The van der Waals surface area contributed by atoms with Crippen LogP contribution in [0.5, 0.6) is 0 Å². The van der Waals surface area contributed by atoms with Crippen molar-refractivity contribution in [2.75, 3.05) is 0 Å². The first-order chi connectivity index (χ1) is 6.70. The lowest BCUT2D eigenvalue weighted by Crippen LogP contribution is -2.23. The van der Waals surface area contributed by atoms with Crippen molar-refractivity contribution in [2.24, 2.45) is 11.7 Å². The SMILES string of the molecule is N=C(N)C1CCCCCC(O)CCC1. The van der Waals surface area contributed by atoms with Crippen molar-refractivity contribution in [3.05, 3.63) is 0 Å². The maximum absolute atomic E-state index is 9.57. The van der Waals surface area contributed by atoms with Crippen LogP contribution in [0, 0.1) is 11.3 Å². The minimum atomic E-state index is -0.124. The highest BCUT2D eigenvalue weighted by Crippen LogP contribution is 2.21. The van der Waals surface area contributed by atoms with Gasteiger partial charge in [-0.25, -0.2) is 0 Å². The van der Waals surface area contributed by atoms with E-state index in [2.05, 4.69) is 0 Å². The molecule has 14 heavy (non-hydrogen) atoms. The van der Waals surface area contributed by atoms with Gasteiger partial charge < -0.3 is 10.8 Å². The van der Waals surface area contributed by atoms with Gasteiger partial charge in [0.25, 0.3) is 0 Å². The van der Waals surface area contributed by atoms with E-state index >= 15 is 0 Å². The van der Waals surface area contributed by atoms with Gasteiger partial charge in [0.05, 0.1) is 11.9 Å². The monoisotopic (exact) mass is 198 g/mol. The Morgan fingerprint density at radius 2 is 1.57 bits per heavy atom. The Hall–Kier alpha value is -0.570. The second kappa shape index (κ2) is 6.02. The van der Waals surface area contributed by atoms with Crippen LogP contribution < -0.4 is 5.73 Å². The van der Waals surface area contributed by atoms with Crippen LogP contribution in [0.25, 0.3) is 0 Å². The van der Waals surface area contributed by atoms with Crippen molar-refractivity contribution in [3.8, 4) is 0 Å². The molecular weight excluding hydrogens is 176 g/mol. The Morgan fingerprint density at radius 3 is 2.29 bits per heavy atom. The van der Waals surface area contributed by atoms with Crippen molar-refractivity contribution in [1.29, 1.82) is 5.41 Å². The van der Waals surface area contributed by atoms with E-state index in [0.717, 1.165) is 44.9 Å². The Bertz CT molecular complexity index is 182. The first-order valence-corrected chi connectivity index (χ1v) is 5.72. The maximum Gasteiger partial charge on any atom is 0.0936 e. The summed E-state index contributed by atoms with van der Waals surface area (Å²) in [5, 5.41) is 17.0. The number of hydrogen-bond acceptors (Lipinski definition) is 2. The van der Waals surface area contributed by atoms with Crippen molar-refractivity contribution in [3.63, 3.8) is 0 Å². The van der Waals surface area contributed by atoms with Gasteiger partial charge >= 0.3 is 0 Å². The molecule has 2 unspecified atom stereocenters. The molecule has 0 spiro atoms. The normalized spacial score (nSPS) is 30.9. The third kappa shape index (κ3) is 4.09. The summed E-state index contributed by atoms with van der Waals surface area (Å²) in [6, 6.07) is 0. The van der Waals surface area contributed by atoms with Gasteiger partial charge in [-0.1, -0.05) is 25.7 Å². The molecule has 0 aromatic heterocycles. The van der Waals surface area contributed by atoms with E-state index in [0.29, 0.717) is 5.84 Å². The molecule has 0 amide bonds. The third-order valence-corrected chi connectivity index (χ3v) is 3.12. The van der Waals surface area contributed by atoms with Crippen LogP contribution in [0.2, 0.25) is 0 Å². The second-order valence-corrected chi connectivity index (χ2v) is 4.38. The molecule has 1 saturated carbocycles. The third-order valence-electron chi connectivity index (χ3n) is 3.12. The van der Waals surface area contributed by atoms with Gasteiger partial charge in [0.15, 0.2) is 0 Å². The lowest BCUT2D eigenvalue weighted by atomic mass is 9.91. The predicted molar refractivity (Wildman–Crippen MR) is 58.3 cm³/mol. The molecule has 0 saturated heterocycles. The summed E-state index contributed by atoms with van der Waals surface area (Å²) >= 11 is 0. The lowest BCUT2D eigenvalue weighted by Gasteiger charge is -2.18. The maximum atomic E-state index is 9.57. The zero-order valence-electron chi connectivity index (χ0n) is 8.84. The first-order valence-electron chi connectivity index (χ1n) is 5.72. The topological polar surface area (TPSA) is 70.1 Å². The summed E-state index contributed by atoms with van der Waals surface area (Å²) in [6.07, 6.45) is 8.18. The summed E-state index contributed by atoms with van der Waals surface area (Å²) in [5.74, 6) is 0.598. The highest BCUT2D eigenvalue weighted by atomic mass is 16.3. The first kappa shape index (κ1) is 11.5. The van der Waals surface area contributed by atoms with Gasteiger partial charge in [0, 0.05) is 5.92 Å². The molecule has 3 heteroatoms. The zero-order valence-corrected chi connectivity index (χ0v) is 8.84. The van der Waals surface area contributed by atoms with E-state index in [4.69, 9.17) is 11.1 Å². The molecule has 0 radical (unpaired) electrons. The number of amidine groups is 1. The van der Waals surface area contributed by atoms with E-state index < -0.39 is 0 Å². The Kier molecular flexibility index (Phi) is 4.94. The lowest BCUT2D eigenvalue weighted by molar-refractivity contribution is 0.144. The van der Waals surface area contributed by atoms with E-state index in [-0.39, 0.29) is 12.0 Å². The fourth-order valence-corrected chi connectivity index (χ4v) is 2.15. The van der Waals surface area contributed by atoms with Crippen LogP contribution in [0.1, 0.15) is 51.4 Å². The fourth-order valence-electron chi connectivity index (χ4n) is 2.15. The molecule has 0 aliphatic heterocycles. The van der Waals surface area contributed by atoms with Crippen molar-refractivity contribution < 1.29 is 5.11 Å². The van der Waals surface area contributed by atoms with E-state index in [9.17, 15) is 5.11 Å². The molecule has 1 fully saturated rings. The Morgan fingerprint density at radius 1 is 1.00 bits per heavy atom. The van der Waals surface area contributed by atoms with Crippen LogP contribution in [-0.4, -0.2) is 17.0 Å². The van der Waals surface area contributed by atoms with Crippen molar-refractivity contribution in [1.82, 2.24) is 0 Å². The van der Waals surface area contributed by atoms with Gasteiger partial charge in [-0.3, -0.25) is 5.41 Å². The molecule has 0 aromatic carbocycles. The van der Waals surface area contributed by atoms with Crippen LogP contribution in [0.3, 0.4) is 0 Å². The van der Waals surface area contributed by atoms with Crippen molar-refractivity contribution >= 4 is 5.84 Å². The van der Waals surface area contributed by atoms with Crippen LogP contribution in [0.15, 0.2) is 0 Å². The number of rotatable bonds is 1. The number of hydrogen-bond donors (Lipinski definition) is 3. The molecule has 2 atom stereocenters. The fraction of sp³-hybridized carbons (Fsp3) is 0.909. The Balaban J connectivity index is 2.37. The molecule has 1 aliphatic carbocycles. The zero-order chi connectivity index (χ0) is 10.4. The van der Waals surface area contributed by atoms with Crippen LogP contribution in [-0.2, 0) is 0 Å². The minimum Gasteiger partial charge on any atom is -0.393 e. The van der Waals surface area contributed by atoms with E-state index in [1.54, 1.807) is 0 Å². The average Bonchev–Trinajstić information content (AvgIpc) is 2.15. The summed E-state index contributed by atoms with van der Waals surface area (Å²) in [4.78, 5) is 0. The molecule has 0 bridgehead atoms. The van der Waals surface area contributed by atoms with Gasteiger partial charge in [-0.15, -0.1) is 0 Å². The van der Waals surface area contributed by atoms with Crippen LogP contribution >= 0.6 is 0 Å². The number of nitrogens with two attached hydrogens (primary N) is 1. The van der Waals surface area contributed by atoms with Gasteiger partial charge in [0.2, 0.25) is 0 Å². The number of aliphatic hydroxyl groups excluding tert-OH is 1. The standard InChI is InChI=1S/C11H22N2O/c12-11(13)9-5-2-1-3-7-10(14)8-4-6-9/h9-10,14H,1-8H2,(H3,12,13). The second-order valence-electron chi connectivity index (χ2n) is 4.38. The minimum absolute atomic E-state index is 0.124. The summed E-state index contributed by atoms with van der Waals surface area (Å²) in [7, 11) is 0. The molecule has 1 rings (SSSR count). The highest BCUT2D eigenvalue weighted by molar-refractivity contribution is 5.79. The summed E-state index contributed by atoms with van der Waals surface area (Å²) in [5.41, 5.74) is 5.53. The smallest absolute Gasteiger partial charge is 0.0936 e.